The molecular formula is C24H29F2NO4S. The fourth-order valence-corrected chi connectivity index (χ4v) is 6.87. The second-order valence-corrected chi connectivity index (χ2v) is 11.0. The first-order valence-corrected chi connectivity index (χ1v) is 12.5. The van der Waals surface area contributed by atoms with Gasteiger partial charge in [-0.15, -0.1) is 0 Å². The van der Waals surface area contributed by atoms with Gasteiger partial charge in [-0.1, -0.05) is 30.3 Å². The van der Waals surface area contributed by atoms with Gasteiger partial charge in [0.15, 0.2) is 0 Å². The summed E-state index contributed by atoms with van der Waals surface area (Å²) in [5.41, 5.74) is 0.827. The van der Waals surface area contributed by atoms with Crippen molar-refractivity contribution in [3.8, 4) is 0 Å². The first kappa shape index (κ1) is 23.3. The molecule has 1 N–H and O–H groups in total. The van der Waals surface area contributed by atoms with Gasteiger partial charge in [0.1, 0.15) is 16.9 Å². The Labute approximate surface area is 188 Å². The molecular weight excluding hydrogens is 436 g/mol. The lowest BCUT2D eigenvalue weighted by Gasteiger charge is -2.37. The molecule has 2 aromatic carbocycles. The minimum atomic E-state index is -3.75. The molecule has 0 aromatic heterocycles. The Balaban J connectivity index is 1.59. The molecule has 0 amide bonds. The summed E-state index contributed by atoms with van der Waals surface area (Å²) in [6.07, 6.45) is 1.64. The number of benzene rings is 2. The van der Waals surface area contributed by atoms with Gasteiger partial charge in [-0.2, -0.15) is 4.31 Å². The number of nitrogens with zero attached hydrogens (tertiary/aromatic N) is 1. The van der Waals surface area contributed by atoms with Gasteiger partial charge in [-0.3, -0.25) is 0 Å². The fourth-order valence-electron chi connectivity index (χ4n) is 4.68. The van der Waals surface area contributed by atoms with Crippen molar-refractivity contribution in [1.82, 2.24) is 4.31 Å². The van der Waals surface area contributed by atoms with Crippen molar-refractivity contribution in [3.05, 3.63) is 70.8 Å². The van der Waals surface area contributed by atoms with Crippen LogP contribution in [-0.2, 0) is 21.3 Å². The summed E-state index contributed by atoms with van der Waals surface area (Å²) in [6, 6.07) is 10.9. The van der Waals surface area contributed by atoms with Crippen molar-refractivity contribution >= 4 is 10.0 Å². The minimum Gasteiger partial charge on any atom is -0.396 e. The molecule has 2 heterocycles. The topological polar surface area (TPSA) is 66.8 Å². The summed E-state index contributed by atoms with van der Waals surface area (Å²) >= 11 is 0. The van der Waals surface area contributed by atoms with Crippen LogP contribution in [0.15, 0.2) is 42.5 Å². The first-order chi connectivity index (χ1) is 15.3. The molecule has 2 aliphatic heterocycles. The second kappa shape index (κ2) is 9.55. The average Bonchev–Trinajstić information content (AvgIpc) is 2.73. The molecule has 8 heteroatoms. The number of halogens is 2. The fraction of sp³-hybridized carbons (Fsp3) is 0.500. The van der Waals surface area contributed by atoms with Crippen LogP contribution in [0.3, 0.4) is 0 Å². The van der Waals surface area contributed by atoms with Crippen LogP contribution in [0.25, 0.3) is 0 Å². The third-order valence-electron chi connectivity index (χ3n) is 6.67. The Hall–Kier alpha value is -1.87. The number of hydrogen-bond donors (Lipinski definition) is 1. The van der Waals surface area contributed by atoms with E-state index in [9.17, 15) is 17.9 Å². The molecule has 0 radical (unpaired) electrons. The van der Waals surface area contributed by atoms with Crippen LogP contribution in [0.4, 0.5) is 8.78 Å². The number of ether oxygens (including phenoxy) is 1. The van der Waals surface area contributed by atoms with Gasteiger partial charge in [-0.25, -0.2) is 17.2 Å². The number of aliphatic hydroxyl groups is 1. The van der Waals surface area contributed by atoms with Crippen molar-refractivity contribution in [2.24, 2.45) is 5.92 Å². The zero-order chi connectivity index (χ0) is 22.9. The summed E-state index contributed by atoms with van der Waals surface area (Å²) in [6.45, 7) is 2.40. The van der Waals surface area contributed by atoms with Gasteiger partial charge in [0, 0.05) is 30.0 Å². The Kier molecular flexibility index (Phi) is 6.95. The number of sulfonamides is 1. The van der Waals surface area contributed by atoms with E-state index in [0.717, 1.165) is 12.1 Å². The molecule has 32 heavy (non-hydrogen) atoms. The highest BCUT2D eigenvalue weighted by Gasteiger charge is 2.40. The highest BCUT2D eigenvalue weighted by molar-refractivity contribution is 7.89. The van der Waals surface area contributed by atoms with E-state index in [1.54, 1.807) is 31.2 Å². The number of rotatable bonds is 7. The van der Waals surface area contributed by atoms with Crippen LogP contribution in [-0.4, -0.2) is 43.7 Å². The van der Waals surface area contributed by atoms with Crippen LogP contribution in [0.1, 0.15) is 54.0 Å². The molecule has 0 bridgehead atoms. The van der Waals surface area contributed by atoms with Crippen molar-refractivity contribution in [2.75, 3.05) is 19.8 Å². The predicted molar refractivity (Wildman–Crippen MR) is 117 cm³/mol. The molecule has 0 aliphatic carbocycles. The maximum atomic E-state index is 15.0. The Morgan fingerprint density at radius 1 is 1.12 bits per heavy atom. The molecule has 5 nitrogen and oxygen atoms in total. The number of hydrogen-bond acceptors (Lipinski definition) is 4. The molecule has 3 atom stereocenters. The Bertz CT molecular complexity index is 1040. The summed E-state index contributed by atoms with van der Waals surface area (Å²) < 4.78 is 63.1. The van der Waals surface area contributed by atoms with Crippen LogP contribution >= 0.6 is 0 Å². The molecule has 2 fully saturated rings. The lowest BCUT2D eigenvalue weighted by atomic mass is 9.87. The van der Waals surface area contributed by atoms with E-state index in [-0.39, 0.29) is 36.2 Å². The number of aliphatic hydroxyl groups excluding tert-OH is 1. The van der Waals surface area contributed by atoms with E-state index in [2.05, 4.69) is 0 Å². The van der Waals surface area contributed by atoms with E-state index >= 15 is 4.39 Å². The van der Waals surface area contributed by atoms with E-state index in [1.807, 2.05) is 6.07 Å². The van der Waals surface area contributed by atoms with Gasteiger partial charge in [0.05, 0.1) is 19.8 Å². The average molecular weight is 466 g/mol. The van der Waals surface area contributed by atoms with Crippen LogP contribution < -0.4 is 0 Å². The lowest BCUT2D eigenvalue weighted by molar-refractivity contribution is -0.0406. The second-order valence-electron chi connectivity index (χ2n) is 8.90. The lowest BCUT2D eigenvalue weighted by Crippen LogP contribution is -2.44. The van der Waals surface area contributed by atoms with Crippen LogP contribution in [0, 0.1) is 17.6 Å². The SMILES string of the molecule is C[C@H]1CC[C@H](c2ccccc2)S(=O)(=O)N1Cc1cc(F)c([C@H](CO)CC2COC2)cc1F. The molecule has 4 rings (SSSR count). The van der Waals surface area contributed by atoms with Crippen molar-refractivity contribution in [3.63, 3.8) is 0 Å². The molecule has 2 aromatic rings. The quantitative estimate of drug-likeness (QED) is 0.668. The van der Waals surface area contributed by atoms with E-state index < -0.39 is 32.8 Å². The summed E-state index contributed by atoms with van der Waals surface area (Å²) in [7, 11) is -3.75. The summed E-state index contributed by atoms with van der Waals surface area (Å²) in [5, 5.41) is 9.02. The van der Waals surface area contributed by atoms with E-state index in [0.29, 0.717) is 38.0 Å². The maximum absolute atomic E-state index is 15.0. The normalized spacial score (nSPS) is 24.8. The smallest absolute Gasteiger partial charge is 0.221 e. The summed E-state index contributed by atoms with van der Waals surface area (Å²) in [5.74, 6) is -1.58. The van der Waals surface area contributed by atoms with Gasteiger partial charge < -0.3 is 9.84 Å². The van der Waals surface area contributed by atoms with Crippen LogP contribution in [0.2, 0.25) is 0 Å². The highest BCUT2D eigenvalue weighted by Crippen LogP contribution is 2.38. The monoisotopic (exact) mass is 465 g/mol. The molecule has 0 saturated carbocycles. The molecule has 174 valence electrons. The third kappa shape index (κ3) is 4.59. The van der Waals surface area contributed by atoms with Crippen molar-refractivity contribution in [2.45, 2.75) is 49.9 Å². The van der Waals surface area contributed by atoms with E-state index in [4.69, 9.17) is 4.74 Å². The maximum Gasteiger partial charge on any atom is 0.221 e. The highest BCUT2D eigenvalue weighted by atomic mass is 32.2. The van der Waals surface area contributed by atoms with Crippen LogP contribution in [0.5, 0.6) is 0 Å². The molecule has 0 unspecified atom stereocenters. The van der Waals surface area contributed by atoms with Crippen molar-refractivity contribution in [1.29, 1.82) is 0 Å². The van der Waals surface area contributed by atoms with Gasteiger partial charge in [0.25, 0.3) is 0 Å². The van der Waals surface area contributed by atoms with Gasteiger partial charge in [-0.05, 0) is 49.4 Å². The predicted octanol–water partition coefficient (Wildman–Crippen LogP) is 4.13. The molecule has 2 aliphatic rings. The molecule has 2 saturated heterocycles. The molecule has 0 spiro atoms. The minimum absolute atomic E-state index is 0.000876. The summed E-state index contributed by atoms with van der Waals surface area (Å²) in [4.78, 5) is 0. The largest absolute Gasteiger partial charge is 0.396 e. The van der Waals surface area contributed by atoms with Crippen molar-refractivity contribution < 1.29 is 27.0 Å². The van der Waals surface area contributed by atoms with E-state index in [1.165, 1.54) is 4.31 Å². The third-order valence-corrected chi connectivity index (χ3v) is 9.04. The van der Waals surface area contributed by atoms with Gasteiger partial charge >= 0.3 is 0 Å². The zero-order valence-electron chi connectivity index (χ0n) is 18.1. The first-order valence-electron chi connectivity index (χ1n) is 11.0. The Morgan fingerprint density at radius 2 is 1.84 bits per heavy atom. The van der Waals surface area contributed by atoms with Gasteiger partial charge in [0.2, 0.25) is 10.0 Å². The zero-order valence-corrected chi connectivity index (χ0v) is 18.9. The Morgan fingerprint density at radius 3 is 2.47 bits per heavy atom. The standard InChI is InChI=1S/C24H29F2NO4S/c1-16-7-8-24(18-5-3-2-4-6-18)32(29,30)27(16)12-19-10-23(26)21(11-22(19)25)20(13-28)9-17-14-31-15-17/h2-6,10-11,16-17,20,24,28H,7-9,12-15H2,1H3/t16-,20-,24+/m0/s1.